The van der Waals surface area contributed by atoms with Crippen molar-refractivity contribution in [3.63, 3.8) is 0 Å². The van der Waals surface area contributed by atoms with Crippen molar-refractivity contribution in [2.24, 2.45) is 0 Å². The molecule has 1 amide bonds. The monoisotopic (exact) mass is 569 g/mol. The van der Waals surface area contributed by atoms with Crippen molar-refractivity contribution < 1.29 is 31.9 Å². The first-order valence-electron chi connectivity index (χ1n) is 12.8. The molecule has 1 aromatic carbocycles. The third-order valence-electron chi connectivity index (χ3n) is 7.29. The van der Waals surface area contributed by atoms with E-state index in [2.05, 4.69) is 9.97 Å². The highest BCUT2D eigenvalue weighted by Crippen LogP contribution is 2.53. The minimum Gasteiger partial charge on any atom is -0.434 e. The molecule has 208 valence electrons. The van der Waals surface area contributed by atoms with E-state index in [1.54, 1.807) is 61.0 Å². The van der Waals surface area contributed by atoms with Gasteiger partial charge in [0.2, 0.25) is 5.57 Å². The van der Waals surface area contributed by atoms with Crippen LogP contribution in [0.4, 0.5) is 8.78 Å². The Labute approximate surface area is 228 Å². The van der Waals surface area contributed by atoms with Gasteiger partial charge in [-0.15, -0.1) is 0 Å². The van der Waals surface area contributed by atoms with E-state index in [-0.39, 0.29) is 42.4 Å². The molecule has 0 N–H and O–H groups in total. The molecule has 10 nitrogen and oxygen atoms in total. The molecule has 6 rings (SSSR count). The normalized spacial score (nSPS) is 18.2. The fourth-order valence-electron chi connectivity index (χ4n) is 5.65. The quantitative estimate of drug-likeness (QED) is 0.275. The largest absolute Gasteiger partial charge is 0.434 e. The van der Waals surface area contributed by atoms with Crippen LogP contribution in [0.5, 0.6) is 5.75 Å². The van der Waals surface area contributed by atoms with E-state index >= 15 is 0 Å². The highest BCUT2D eigenvalue weighted by molar-refractivity contribution is 7.61. The van der Waals surface area contributed by atoms with E-state index in [9.17, 15) is 18.1 Å². The smallest absolute Gasteiger partial charge is 0.398 e. The van der Waals surface area contributed by atoms with E-state index < -0.39 is 14.2 Å². The van der Waals surface area contributed by atoms with Crippen molar-refractivity contribution in [3.8, 4) is 16.9 Å². The number of carbonyl (C=O) groups excluding carboxylic acids is 1. The van der Waals surface area contributed by atoms with Gasteiger partial charge in [-0.3, -0.25) is 9.36 Å². The molecule has 40 heavy (non-hydrogen) atoms. The molecule has 0 spiro atoms. The van der Waals surface area contributed by atoms with Crippen molar-refractivity contribution in [3.05, 3.63) is 71.3 Å². The van der Waals surface area contributed by atoms with Crippen molar-refractivity contribution in [1.29, 1.82) is 0 Å². The Balaban J connectivity index is 1.46. The predicted molar refractivity (Wildman–Crippen MR) is 141 cm³/mol. The zero-order valence-electron chi connectivity index (χ0n) is 22.0. The topological polar surface area (TPSA) is 108 Å². The van der Waals surface area contributed by atoms with Gasteiger partial charge in [-0.05, 0) is 50.1 Å². The van der Waals surface area contributed by atoms with Crippen LogP contribution in [-0.4, -0.2) is 57.3 Å². The molecule has 0 radical (unpaired) electrons. The molecule has 4 heterocycles. The molecular formula is C27H26F2N5O5P. The van der Waals surface area contributed by atoms with Crippen LogP contribution < -0.4 is 10.3 Å². The van der Waals surface area contributed by atoms with Gasteiger partial charge >= 0.3 is 14.2 Å². The number of aromatic nitrogens is 4. The number of fused-ring (bicyclic) bond motifs is 9. The third kappa shape index (κ3) is 4.18. The molecule has 13 heteroatoms. The van der Waals surface area contributed by atoms with E-state index in [0.29, 0.717) is 23.1 Å². The summed E-state index contributed by atoms with van der Waals surface area (Å²) in [5.74, 6) is -0.659. The number of hydrogen-bond acceptors (Lipinski definition) is 8. The molecule has 1 aliphatic carbocycles. The highest BCUT2D eigenvalue weighted by atomic mass is 31.2. The zero-order chi connectivity index (χ0) is 28.2. The minimum atomic E-state index is -3.63. The molecule has 2 aliphatic rings. The maximum Gasteiger partial charge on any atom is 0.398 e. The molecule has 3 aromatic heterocycles. The first kappa shape index (κ1) is 26.5. The average molecular weight is 570 g/mol. The van der Waals surface area contributed by atoms with Crippen LogP contribution >= 0.6 is 7.60 Å². The predicted octanol–water partition coefficient (Wildman–Crippen LogP) is 4.95. The molecule has 0 fully saturated rings. The molecule has 0 saturated carbocycles. The Morgan fingerprint density at radius 3 is 2.48 bits per heavy atom. The molecule has 1 aliphatic heterocycles. The van der Waals surface area contributed by atoms with Crippen molar-refractivity contribution in [2.45, 2.75) is 38.8 Å². The second kappa shape index (κ2) is 10.0. The summed E-state index contributed by atoms with van der Waals surface area (Å²) in [6.07, 6.45) is 5.39. The lowest BCUT2D eigenvalue weighted by molar-refractivity contribution is -0.0505. The van der Waals surface area contributed by atoms with E-state index in [0.717, 1.165) is 22.3 Å². The fraction of sp³-hybridized carbons (Fsp3) is 0.333. The summed E-state index contributed by atoms with van der Waals surface area (Å²) in [5, 5.41) is 4.78. The minimum absolute atomic E-state index is 0.0136. The van der Waals surface area contributed by atoms with Crippen LogP contribution in [0, 0.1) is 0 Å². The molecule has 2 atom stereocenters. The van der Waals surface area contributed by atoms with Crippen molar-refractivity contribution in [1.82, 2.24) is 24.5 Å². The summed E-state index contributed by atoms with van der Waals surface area (Å²) < 4.78 is 57.0. The number of halogens is 2. The van der Waals surface area contributed by atoms with Crippen LogP contribution in [0.2, 0.25) is 0 Å². The summed E-state index contributed by atoms with van der Waals surface area (Å²) in [7, 11) is -1.93. The van der Waals surface area contributed by atoms with Crippen LogP contribution in [-0.2, 0) is 13.6 Å². The van der Waals surface area contributed by atoms with Crippen LogP contribution in [0.15, 0.2) is 48.9 Å². The van der Waals surface area contributed by atoms with Gasteiger partial charge in [-0.25, -0.2) is 14.5 Å². The summed E-state index contributed by atoms with van der Waals surface area (Å²) in [5.41, 5.74) is 4.52. The molecule has 4 aromatic rings. The maximum atomic E-state index is 13.3. The first-order chi connectivity index (χ1) is 19.3. The maximum absolute atomic E-state index is 13.3. The second-order valence-corrected chi connectivity index (χ2v) is 11.4. The number of benzene rings is 1. The van der Waals surface area contributed by atoms with E-state index in [1.165, 1.54) is 6.07 Å². The summed E-state index contributed by atoms with van der Waals surface area (Å²) in [6.45, 7) is 0.761. The van der Waals surface area contributed by atoms with Crippen LogP contribution in [0.3, 0.4) is 0 Å². The highest BCUT2D eigenvalue weighted by Gasteiger charge is 2.46. The Hall–Kier alpha value is -3.73. The van der Waals surface area contributed by atoms with Crippen LogP contribution in [0.25, 0.3) is 16.6 Å². The lowest BCUT2D eigenvalue weighted by Gasteiger charge is -2.23. The Morgan fingerprint density at radius 1 is 1.07 bits per heavy atom. The Morgan fingerprint density at radius 2 is 1.80 bits per heavy atom. The zero-order valence-corrected chi connectivity index (χ0v) is 22.8. The fourth-order valence-corrected chi connectivity index (χ4v) is 7.03. The number of rotatable bonds is 8. The van der Waals surface area contributed by atoms with Crippen molar-refractivity contribution >= 4 is 24.6 Å². The lowest BCUT2D eigenvalue weighted by atomic mass is 9.88. The van der Waals surface area contributed by atoms with Crippen molar-refractivity contribution in [2.75, 3.05) is 20.3 Å². The van der Waals surface area contributed by atoms with Gasteiger partial charge in [-0.1, -0.05) is 6.07 Å². The number of ether oxygens (including phenoxy) is 1. The third-order valence-corrected chi connectivity index (χ3v) is 9.21. The number of carbonyl (C=O) groups is 1. The molecule has 2 unspecified atom stereocenters. The van der Waals surface area contributed by atoms with Gasteiger partial charge in [0.1, 0.15) is 5.75 Å². The Bertz CT molecular complexity index is 1650. The molecular weight excluding hydrogens is 543 g/mol. The number of amides is 1. The average Bonchev–Trinajstić information content (AvgIpc) is 3.46. The van der Waals surface area contributed by atoms with E-state index in [4.69, 9.17) is 18.9 Å². The Kier molecular flexibility index (Phi) is 6.64. The van der Waals surface area contributed by atoms with Gasteiger partial charge < -0.3 is 18.7 Å². The van der Waals surface area contributed by atoms with Gasteiger partial charge in [0, 0.05) is 53.8 Å². The first-order valence-corrected chi connectivity index (χ1v) is 14.4. The number of alkyl halides is 2. The van der Waals surface area contributed by atoms with E-state index in [1.807, 2.05) is 12.1 Å². The van der Waals surface area contributed by atoms with Crippen LogP contribution in [0.1, 0.15) is 59.4 Å². The summed E-state index contributed by atoms with van der Waals surface area (Å²) >= 11 is 0. The number of pyridine rings is 1. The van der Waals surface area contributed by atoms with Gasteiger partial charge in [-0.2, -0.15) is 13.9 Å². The van der Waals surface area contributed by atoms with Gasteiger partial charge in [0.05, 0.1) is 30.5 Å². The lowest BCUT2D eigenvalue weighted by Crippen LogP contribution is -2.30. The number of hydrogen-bond donors (Lipinski definition) is 0. The summed E-state index contributed by atoms with van der Waals surface area (Å²) in [4.78, 5) is 23.5. The number of nitrogens with zero attached hydrogens (tertiary/aromatic N) is 5. The molecule has 0 saturated heterocycles. The second-order valence-electron chi connectivity index (χ2n) is 9.46. The molecule has 2 bridgehead atoms. The van der Waals surface area contributed by atoms with Gasteiger partial charge in [0.25, 0.3) is 5.91 Å². The SMILES string of the molecule is CCOP(=O)(OCC)c1ncc(-c2ccn3nc4c(c3c2)C2CC4N(C)C(=O)c3cccc(OC(F)F)c32)cn1. The standard InChI is InChI=1S/C27H26F2N5O5P/c1-4-37-40(36,38-5-2)27-30-13-16(14-31-27)15-9-10-34-19(11-15)23-18-12-20(24(23)32-34)33(3)25(35)17-7-6-8-21(22(17)18)39-26(28)29/h6-11,13-14,18,20,26H,4-5,12H2,1-3H3. The summed E-state index contributed by atoms with van der Waals surface area (Å²) in [6, 6.07) is 8.11. The van der Waals surface area contributed by atoms with Gasteiger partial charge in [0.15, 0.2) is 0 Å².